The SMILES string of the molecule is CCCNCc1cccc(NC(=O)NC(C)(C)C)c1. The topological polar surface area (TPSA) is 53.2 Å². The Balaban J connectivity index is 2.54. The van der Waals surface area contributed by atoms with Crippen molar-refractivity contribution in [3.8, 4) is 0 Å². The van der Waals surface area contributed by atoms with Crippen molar-refractivity contribution < 1.29 is 4.79 Å². The lowest BCUT2D eigenvalue weighted by atomic mass is 10.1. The van der Waals surface area contributed by atoms with Gasteiger partial charge in [-0.05, 0) is 51.4 Å². The van der Waals surface area contributed by atoms with Gasteiger partial charge in [-0.3, -0.25) is 0 Å². The van der Waals surface area contributed by atoms with E-state index >= 15 is 0 Å². The third-order valence-electron chi connectivity index (χ3n) is 2.43. The van der Waals surface area contributed by atoms with E-state index in [0.717, 1.165) is 25.2 Å². The number of carbonyl (C=O) groups is 1. The molecule has 0 radical (unpaired) electrons. The summed E-state index contributed by atoms with van der Waals surface area (Å²) in [6, 6.07) is 7.72. The van der Waals surface area contributed by atoms with Gasteiger partial charge in [0, 0.05) is 17.8 Å². The molecule has 0 aromatic heterocycles. The molecule has 1 aromatic carbocycles. The first kappa shape index (κ1) is 15.5. The van der Waals surface area contributed by atoms with Crippen LogP contribution in [0.5, 0.6) is 0 Å². The summed E-state index contributed by atoms with van der Waals surface area (Å²) in [6.45, 7) is 9.83. The van der Waals surface area contributed by atoms with Crippen LogP contribution in [-0.2, 0) is 6.54 Å². The molecule has 1 aromatic rings. The Morgan fingerprint density at radius 2 is 2.00 bits per heavy atom. The maximum absolute atomic E-state index is 11.8. The zero-order valence-corrected chi connectivity index (χ0v) is 12.3. The predicted octanol–water partition coefficient (Wildman–Crippen LogP) is 3.11. The smallest absolute Gasteiger partial charge is 0.319 e. The number of hydrogen-bond donors (Lipinski definition) is 3. The zero-order valence-electron chi connectivity index (χ0n) is 12.3. The lowest BCUT2D eigenvalue weighted by Crippen LogP contribution is -2.43. The molecular formula is C15H25N3O. The van der Waals surface area contributed by atoms with Gasteiger partial charge in [0.1, 0.15) is 0 Å². The number of amides is 2. The maximum Gasteiger partial charge on any atom is 0.319 e. The summed E-state index contributed by atoms with van der Waals surface area (Å²) in [6.07, 6.45) is 1.12. The molecule has 0 aliphatic heterocycles. The van der Waals surface area contributed by atoms with Crippen molar-refractivity contribution in [1.82, 2.24) is 10.6 Å². The van der Waals surface area contributed by atoms with Crippen LogP contribution in [0.4, 0.5) is 10.5 Å². The number of rotatable bonds is 5. The number of hydrogen-bond acceptors (Lipinski definition) is 2. The van der Waals surface area contributed by atoms with E-state index in [1.165, 1.54) is 5.56 Å². The molecule has 0 fully saturated rings. The van der Waals surface area contributed by atoms with Crippen molar-refractivity contribution in [2.75, 3.05) is 11.9 Å². The molecule has 0 aliphatic carbocycles. The van der Waals surface area contributed by atoms with Gasteiger partial charge in [-0.25, -0.2) is 4.79 Å². The molecule has 0 bridgehead atoms. The molecule has 2 amide bonds. The molecular weight excluding hydrogens is 238 g/mol. The Labute approximate surface area is 116 Å². The van der Waals surface area contributed by atoms with Crippen LogP contribution in [0.25, 0.3) is 0 Å². The summed E-state index contributed by atoms with van der Waals surface area (Å²) in [7, 11) is 0. The van der Waals surface area contributed by atoms with Crippen molar-refractivity contribution in [1.29, 1.82) is 0 Å². The van der Waals surface area contributed by atoms with E-state index in [0.29, 0.717) is 0 Å². The van der Waals surface area contributed by atoms with Crippen LogP contribution in [0.15, 0.2) is 24.3 Å². The summed E-state index contributed by atoms with van der Waals surface area (Å²) in [4.78, 5) is 11.8. The van der Waals surface area contributed by atoms with Gasteiger partial charge in [0.15, 0.2) is 0 Å². The van der Waals surface area contributed by atoms with Crippen molar-refractivity contribution in [3.63, 3.8) is 0 Å². The Morgan fingerprint density at radius 3 is 2.63 bits per heavy atom. The van der Waals surface area contributed by atoms with Crippen molar-refractivity contribution >= 4 is 11.7 Å². The average molecular weight is 263 g/mol. The van der Waals surface area contributed by atoms with Crippen molar-refractivity contribution in [2.45, 2.75) is 46.2 Å². The molecule has 4 nitrogen and oxygen atoms in total. The molecule has 0 aliphatic rings. The number of benzene rings is 1. The number of carbonyl (C=O) groups excluding carboxylic acids is 1. The quantitative estimate of drug-likeness (QED) is 0.715. The average Bonchev–Trinajstić information content (AvgIpc) is 2.27. The first-order chi connectivity index (χ1) is 8.90. The zero-order chi connectivity index (χ0) is 14.3. The summed E-state index contributed by atoms with van der Waals surface area (Å²) in [5.74, 6) is 0. The summed E-state index contributed by atoms with van der Waals surface area (Å²) in [5.41, 5.74) is 1.75. The van der Waals surface area contributed by atoms with Crippen LogP contribution in [0.3, 0.4) is 0 Å². The maximum atomic E-state index is 11.8. The lowest BCUT2D eigenvalue weighted by molar-refractivity contribution is 0.244. The van der Waals surface area contributed by atoms with E-state index in [1.54, 1.807) is 0 Å². The predicted molar refractivity (Wildman–Crippen MR) is 80.3 cm³/mol. The molecule has 4 heteroatoms. The highest BCUT2D eigenvalue weighted by atomic mass is 16.2. The van der Waals surface area contributed by atoms with Crippen LogP contribution in [0.1, 0.15) is 39.7 Å². The van der Waals surface area contributed by atoms with Gasteiger partial charge < -0.3 is 16.0 Å². The van der Waals surface area contributed by atoms with E-state index in [9.17, 15) is 4.79 Å². The van der Waals surface area contributed by atoms with Crippen LogP contribution >= 0.6 is 0 Å². The normalized spacial score (nSPS) is 11.2. The number of urea groups is 1. The van der Waals surface area contributed by atoms with Crippen LogP contribution < -0.4 is 16.0 Å². The summed E-state index contributed by atoms with van der Waals surface area (Å²) >= 11 is 0. The first-order valence-corrected chi connectivity index (χ1v) is 6.79. The Bertz CT molecular complexity index is 410. The Morgan fingerprint density at radius 1 is 1.26 bits per heavy atom. The first-order valence-electron chi connectivity index (χ1n) is 6.79. The molecule has 0 heterocycles. The fourth-order valence-electron chi connectivity index (χ4n) is 1.67. The van der Waals surface area contributed by atoms with Gasteiger partial charge in [0.25, 0.3) is 0 Å². The molecule has 3 N–H and O–H groups in total. The molecule has 0 unspecified atom stereocenters. The highest BCUT2D eigenvalue weighted by molar-refractivity contribution is 5.89. The summed E-state index contributed by atoms with van der Waals surface area (Å²) < 4.78 is 0. The lowest BCUT2D eigenvalue weighted by Gasteiger charge is -2.20. The summed E-state index contributed by atoms with van der Waals surface area (Å²) in [5, 5.41) is 9.07. The van der Waals surface area contributed by atoms with Gasteiger partial charge in [-0.15, -0.1) is 0 Å². The molecule has 0 atom stereocenters. The van der Waals surface area contributed by atoms with Crippen molar-refractivity contribution in [3.05, 3.63) is 29.8 Å². The monoisotopic (exact) mass is 263 g/mol. The molecule has 0 saturated heterocycles. The van der Waals surface area contributed by atoms with Gasteiger partial charge in [-0.2, -0.15) is 0 Å². The molecule has 0 spiro atoms. The standard InChI is InChI=1S/C15H25N3O/c1-5-9-16-11-12-7-6-8-13(10-12)17-14(19)18-15(2,3)4/h6-8,10,16H,5,9,11H2,1-4H3,(H2,17,18,19). The molecule has 106 valence electrons. The van der Waals surface area contributed by atoms with Gasteiger partial charge in [0.05, 0.1) is 0 Å². The minimum Gasteiger partial charge on any atom is -0.333 e. The largest absolute Gasteiger partial charge is 0.333 e. The van der Waals surface area contributed by atoms with Crippen molar-refractivity contribution in [2.24, 2.45) is 0 Å². The molecule has 1 rings (SSSR count). The number of nitrogens with one attached hydrogen (secondary N) is 3. The van der Waals surface area contributed by atoms with Gasteiger partial charge >= 0.3 is 6.03 Å². The Kier molecular flexibility index (Phi) is 5.83. The second-order valence-corrected chi connectivity index (χ2v) is 5.71. The fourth-order valence-corrected chi connectivity index (χ4v) is 1.67. The minimum absolute atomic E-state index is 0.175. The van der Waals surface area contributed by atoms with E-state index in [2.05, 4.69) is 28.9 Å². The molecule has 19 heavy (non-hydrogen) atoms. The van der Waals surface area contributed by atoms with Gasteiger partial charge in [0.2, 0.25) is 0 Å². The van der Waals surface area contributed by atoms with E-state index in [1.807, 2.05) is 39.0 Å². The van der Waals surface area contributed by atoms with E-state index in [-0.39, 0.29) is 11.6 Å². The third-order valence-corrected chi connectivity index (χ3v) is 2.43. The van der Waals surface area contributed by atoms with Crippen LogP contribution in [0, 0.1) is 0 Å². The molecule has 0 saturated carbocycles. The Hall–Kier alpha value is -1.55. The highest BCUT2D eigenvalue weighted by Crippen LogP contribution is 2.11. The minimum atomic E-state index is -0.232. The third kappa shape index (κ3) is 6.82. The van der Waals surface area contributed by atoms with Gasteiger partial charge in [-0.1, -0.05) is 19.1 Å². The van der Waals surface area contributed by atoms with Crippen LogP contribution in [0.2, 0.25) is 0 Å². The number of anilines is 1. The fraction of sp³-hybridized carbons (Fsp3) is 0.533. The second kappa shape index (κ2) is 7.14. The highest BCUT2D eigenvalue weighted by Gasteiger charge is 2.13. The second-order valence-electron chi connectivity index (χ2n) is 5.71. The van der Waals surface area contributed by atoms with Crippen LogP contribution in [-0.4, -0.2) is 18.1 Å². The van der Waals surface area contributed by atoms with E-state index in [4.69, 9.17) is 0 Å². The van der Waals surface area contributed by atoms with E-state index < -0.39 is 0 Å².